The van der Waals surface area contributed by atoms with Crippen LogP contribution in [0.15, 0.2) is 36.8 Å². The molecule has 0 radical (unpaired) electrons. The third-order valence-corrected chi connectivity index (χ3v) is 2.99. The summed E-state index contributed by atoms with van der Waals surface area (Å²) in [5, 5.41) is 2.79. The lowest BCUT2D eigenvalue weighted by molar-refractivity contribution is -0.118. The molecule has 0 spiro atoms. The summed E-state index contributed by atoms with van der Waals surface area (Å²) < 4.78 is 5.33. The molecule has 0 aliphatic carbocycles. The molecular formula is C15H13N3O2. The number of rotatable bonds is 2. The van der Waals surface area contributed by atoms with Crippen LogP contribution in [0.3, 0.4) is 0 Å². The highest BCUT2D eigenvalue weighted by atomic mass is 16.5. The zero-order valence-corrected chi connectivity index (χ0v) is 11.0. The molecule has 1 aromatic heterocycles. The first kappa shape index (κ1) is 12.3. The SMILES string of the molecule is C/C(=C/c1ccc2c(c1)NC(=O)CO2)c1cnccn1. The fourth-order valence-electron chi connectivity index (χ4n) is 2.02. The predicted octanol–water partition coefficient (Wildman–Crippen LogP) is 2.37. The Morgan fingerprint density at radius 3 is 3.10 bits per heavy atom. The lowest BCUT2D eigenvalue weighted by Crippen LogP contribution is -2.25. The van der Waals surface area contributed by atoms with Gasteiger partial charge in [-0.2, -0.15) is 0 Å². The van der Waals surface area contributed by atoms with Gasteiger partial charge in [-0.3, -0.25) is 14.8 Å². The van der Waals surface area contributed by atoms with Crippen molar-refractivity contribution in [2.75, 3.05) is 11.9 Å². The maximum absolute atomic E-state index is 11.3. The molecule has 100 valence electrons. The second-order valence-electron chi connectivity index (χ2n) is 4.51. The minimum Gasteiger partial charge on any atom is -0.482 e. The maximum atomic E-state index is 11.3. The number of carbonyl (C=O) groups is 1. The molecule has 0 unspecified atom stereocenters. The van der Waals surface area contributed by atoms with Crippen LogP contribution in [0.25, 0.3) is 11.6 Å². The highest BCUT2D eigenvalue weighted by Gasteiger charge is 2.15. The van der Waals surface area contributed by atoms with E-state index in [0.29, 0.717) is 11.4 Å². The third kappa shape index (κ3) is 2.51. The second kappa shape index (κ2) is 5.13. The van der Waals surface area contributed by atoms with Crippen LogP contribution in [-0.4, -0.2) is 22.5 Å². The summed E-state index contributed by atoms with van der Waals surface area (Å²) in [5.74, 6) is 0.559. The van der Waals surface area contributed by atoms with Crippen molar-refractivity contribution in [3.63, 3.8) is 0 Å². The summed E-state index contributed by atoms with van der Waals surface area (Å²) in [7, 11) is 0. The summed E-state index contributed by atoms with van der Waals surface area (Å²) in [6.07, 6.45) is 7.01. The van der Waals surface area contributed by atoms with Gasteiger partial charge in [0.1, 0.15) is 5.75 Å². The smallest absolute Gasteiger partial charge is 0.262 e. The molecule has 20 heavy (non-hydrogen) atoms. The molecule has 2 aromatic rings. The number of benzene rings is 1. The summed E-state index contributed by atoms with van der Waals surface area (Å²) in [6.45, 7) is 2.04. The fraction of sp³-hybridized carbons (Fsp3) is 0.133. The van der Waals surface area contributed by atoms with Crippen molar-refractivity contribution in [3.05, 3.63) is 48.0 Å². The Bertz CT molecular complexity index is 681. The lowest BCUT2D eigenvalue weighted by Gasteiger charge is -2.18. The van der Waals surface area contributed by atoms with Gasteiger partial charge in [0.25, 0.3) is 5.91 Å². The third-order valence-electron chi connectivity index (χ3n) is 2.99. The molecule has 0 bridgehead atoms. The second-order valence-corrected chi connectivity index (χ2v) is 4.51. The van der Waals surface area contributed by atoms with E-state index in [4.69, 9.17) is 4.74 Å². The number of hydrogen-bond donors (Lipinski definition) is 1. The van der Waals surface area contributed by atoms with Crippen LogP contribution in [0.4, 0.5) is 5.69 Å². The molecule has 1 aromatic carbocycles. The quantitative estimate of drug-likeness (QED) is 0.907. The van der Waals surface area contributed by atoms with Gasteiger partial charge in [0.2, 0.25) is 0 Å². The number of fused-ring (bicyclic) bond motifs is 1. The number of hydrogen-bond acceptors (Lipinski definition) is 4. The highest BCUT2D eigenvalue weighted by molar-refractivity contribution is 5.96. The average Bonchev–Trinajstić information content (AvgIpc) is 2.47. The van der Waals surface area contributed by atoms with E-state index in [1.165, 1.54) is 0 Å². The van der Waals surface area contributed by atoms with Gasteiger partial charge in [-0.1, -0.05) is 6.07 Å². The Morgan fingerprint density at radius 1 is 1.40 bits per heavy atom. The maximum Gasteiger partial charge on any atom is 0.262 e. The van der Waals surface area contributed by atoms with E-state index < -0.39 is 0 Å². The molecule has 2 heterocycles. The first-order valence-corrected chi connectivity index (χ1v) is 6.24. The van der Waals surface area contributed by atoms with Gasteiger partial charge in [-0.05, 0) is 36.3 Å². The Balaban J connectivity index is 1.92. The van der Waals surface area contributed by atoms with Gasteiger partial charge in [0, 0.05) is 12.4 Å². The normalized spacial score (nSPS) is 14.2. The van der Waals surface area contributed by atoms with Crippen LogP contribution < -0.4 is 10.1 Å². The van der Waals surface area contributed by atoms with Crippen LogP contribution in [0.5, 0.6) is 5.75 Å². The van der Waals surface area contributed by atoms with Crippen molar-refractivity contribution in [1.29, 1.82) is 0 Å². The molecule has 5 nitrogen and oxygen atoms in total. The first-order valence-electron chi connectivity index (χ1n) is 6.24. The number of nitrogens with zero attached hydrogens (tertiary/aromatic N) is 2. The van der Waals surface area contributed by atoms with Gasteiger partial charge in [0.05, 0.1) is 17.6 Å². The molecule has 1 N–H and O–H groups in total. The topological polar surface area (TPSA) is 64.1 Å². The summed E-state index contributed by atoms with van der Waals surface area (Å²) >= 11 is 0. The van der Waals surface area contributed by atoms with E-state index in [9.17, 15) is 4.79 Å². The number of amides is 1. The van der Waals surface area contributed by atoms with Crippen molar-refractivity contribution in [1.82, 2.24) is 9.97 Å². The van der Waals surface area contributed by atoms with Crippen molar-refractivity contribution in [2.24, 2.45) is 0 Å². The van der Waals surface area contributed by atoms with Crippen molar-refractivity contribution < 1.29 is 9.53 Å². The Hall–Kier alpha value is -2.69. The Labute approximate surface area is 116 Å². The Morgan fingerprint density at radius 2 is 2.30 bits per heavy atom. The number of carbonyl (C=O) groups excluding carboxylic acids is 1. The molecule has 5 heteroatoms. The van der Waals surface area contributed by atoms with Crippen LogP contribution in [0.2, 0.25) is 0 Å². The summed E-state index contributed by atoms with van der Waals surface area (Å²) in [6, 6.07) is 5.67. The molecule has 1 aliphatic rings. The van der Waals surface area contributed by atoms with E-state index in [1.807, 2.05) is 31.2 Å². The Kier molecular flexibility index (Phi) is 3.16. The first-order chi connectivity index (χ1) is 9.72. The molecule has 0 fully saturated rings. The molecule has 0 atom stereocenters. The molecule has 0 saturated carbocycles. The van der Waals surface area contributed by atoms with Gasteiger partial charge in [-0.15, -0.1) is 0 Å². The van der Waals surface area contributed by atoms with E-state index in [1.54, 1.807) is 18.6 Å². The van der Waals surface area contributed by atoms with Gasteiger partial charge in [-0.25, -0.2) is 0 Å². The molecule has 3 rings (SSSR count). The number of aromatic nitrogens is 2. The average molecular weight is 267 g/mol. The van der Waals surface area contributed by atoms with Crippen LogP contribution >= 0.6 is 0 Å². The standard InChI is InChI=1S/C15H13N3O2/c1-10(13-8-16-4-5-17-13)6-11-2-3-14-12(7-11)18-15(19)9-20-14/h2-8H,9H2,1H3,(H,18,19)/b10-6-. The van der Waals surface area contributed by atoms with Crippen molar-refractivity contribution in [2.45, 2.75) is 6.92 Å². The van der Waals surface area contributed by atoms with Crippen LogP contribution in [-0.2, 0) is 4.79 Å². The monoisotopic (exact) mass is 267 g/mol. The number of nitrogens with one attached hydrogen (secondary N) is 1. The van der Waals surface area contributed by atoms with Crippen LogP contribution in [0, 0.1) is 0 Å². The van der Waals surface area contributed by atoms with Gasteiger partial charge < -0.3 is 10.1 Å². The van der Waals surface area contributed by atoms with Crippen LogP contribution in [0.1, 0.15) is 18.2 Å². The number of ether oxygens (including phenoxy) is 1. The van der Waals surface area contributed by atoms with Crippen molar-refractivity contribution >= 4 is 23.2 Å². The molecule has 1 amide bonds. The molecular weight excluding hydrogens is 254 g/mol. The summed E-state index contributed by atoms with van der Waals surface area (Å²) in [4.78, 5) is 19.6. The van der Waals surface area contributed by atoms with E-state index in [0.717, 1.165) is 16.8 Å². The zero-order valence-electron chi connectivity index (χ0n) is 11.0. The lowest BCUT2D eigenvalue weighted by atomic mass is 10.1. The minimum absolute atomic E-state index is 0.0703. The van der Waals surface area contributed by atoms with E-state index in [2.05, 4.69) is 15.3 Å². The largest absolute Gasteiger partial charge is 0.482 e. The van der Waals surface area contributed by atoms with Crippen molar-refractivity contribution in [3.8, 4) is 5.75 Å². The highest BCUT2D eigenvalue weighted by Crippen LogP contribution is 2.29. The number of allylic oxidation sites excluding steroid dienone is 1. The van der Waals surface area contributed by atoms with Gasteiger partial charge >= 0.3 is 0 Å². The summed E-state index contributed by atoms with van der Waals surface area (Å²) in [5.41, 5.74) is 3.49. The minimum atomic E-state index is -0.135. The number of anilines is 1. The fourth-order valence-corrected chi connectivity index (χ4v) is 2.02. The van der Waals surface area contributed by atoms with Gasteiger partial charge in [0.15, 0.2) is 6.61 Å². The zero-order chi connectivity index (χ0) is 13.9. The van der Waals surface area contributed by atoms with E-state index in [-0.39, 0.29) is 12.5 Å². The molecule has 1 aliphatic heterocycles. The predicted molar refractivity (Wildman–Crippen MR) is 76.1 cm³/mol. The van der Waals surface area contributed by atoms with E-state index >= 15 is 0 Å². The molecule has 0 saturated heterocycles.